The van der Waals surface area contributed by atoms with Gasteiger partial charge in [-0.2, -0.15) is 15.1 Å². The van der Waals surface area contributed by atoms with Crippen LogP contribution in [0.1, 0.15) is 23.4 Å². The Kier molecular flexibility index (Phi) is 6.54. The van der Waals surface area contributed by atoms with Gasteiger partial charge in [-0.15, -0.1) is 0 Å². The first-order valence-corrected chi connectivity index (χ1v) is 12.4. The Balaban J connectivity index is 1.40. The number of thioether (sulfide) groups is 1. The maximum absolute atomic E-state index is 13.6. The van der Waals surface area contributed by atoms with Crippen molar-refractivity contribution < 1.29 is 18.7 Å². The van der Waals surface area contributed by atoms with Crippen LogP contribution in [-0.4, -0.2) is 68.6 Å². The third-order valence-electron chi connectivity index (χ3n) is 6.09. The Bertz CT molecular complexity index is 1390. The van der Waals surface area contributed by atoms with Crippen molar-refractivity contribution in [3.63, 3.8) is 0 Å². The number of amidine groups is 2. The smallest absolute Gasteiger partial charge is 0.283 e. The summed E-state index contributed by atoms with van der Waals surface area (Å²) >= 11 is 7.09. The van der Waals surface area contributed by atoms with E-state index in [-0.39, 0.29) is 33.9 Å². The number of halogens is 2. The molecule has 0 aliphatic carbocycles. The minimum absolute atomic E-state index is 0.0123. The second-order valence-electron chi connectivity index (χ2n) is 8.44. The normalized spacial score (nSPS) is 19.1. The highest BCUT2D eigenvalue weighted by Crippen LogP contribution is 2.31. The second kappa shape index (κ2) is 9.64. The van der Waals surface area contributed by atoms with Gasteiger partial charge in [0.15, 0.2) is 5.84 Å². The lowest BCUT2D eigenvalue weighted by atomic mass is 10.1. The molecule has 0 saturated carbocycles. The second-order valence-corrected chi connectivity index (χ2v) is 9.89. The zero-order valence-corrected chi connectivity index (χ0v) is 21.1. The van der Waals surface area contributed by atoms with E-state index in [2.05, 4.69) is 10.1 Å². The largest absolute Gasteiger partial charge is 0.378 e. The molecule has 186 valence electrons. The fourth-order valence-corrected chi connectivity index (χ4v) is 5.32. The maximum Gasteiger partial charge on any atom is 0.283 e. The van der Waals surface area contributed by atoms with E-state index in [1.165, 1.54) is 17.1 Å². The molecule has 1 fully saturated rings. The van der Waals surface area contributed by atoms with E-state index in [1.807, 2.05) is 24.5 Å². The standard InChI is InChI=1S/C24H22ClFN6O3S/c1-13-9-15(14(2)31(13)16-3-4-19(26)18(25)11-16)10-17-22(27)32-24(28-23(17)34)36-20(29-32)12-21(33)30-5-7-35-8-6-30/h3-4,9-11,27H,5-8,12H2,1-2H3. The first-order valence-electron chi connectivity index (χ1n) is 11.2. The summed E-state index contributed by atoms with van der Waals surface area (Å²) in [6.45, 7) is 5.83. The van der Waals surface area contributed by atoms with Crippen molar-refractivity contribution in [2.75, 3.05) is 26.3 Å². The van der Waals surface area contributed by atoms with Crippen LogP contribution in [0.25, 0.3) is 11.8 Å². The van der Waals surface area contributed by atoms with Crippen molar-refractivity contribution in [1.82, 2.24) is 14.5 Å². The summed E-state index contributed by atoms with van der Waals surface area (Å²) in [5.41, 5.74) is 3.11. The molecule has 4 heterocycles. The number of aromatic nitrogens is 1. The van der Waals surface area contributed by atoms with Crippen LogP contribution in [-0.2, 0) is 14.3 Å². The van der Waals surface area contributed by atoms with Crippen molar-refractivity contribution in [3.8, 4) is 5.69 Å². The number of hydrogen-bond donors (Lipinski definition) is 1. The average Bonchev–Trinajstić information content (AvgIpc) is 3.38. The molecule has 0 unspecified atom stereocenters. The Hall–Kier alpha value is -3.28. The molecule has 1 aromatic heterocycles. The van der Waals surface area contributed by atoms with E-state index in [0.717, 1.165) is 23.1 Å². The minimum Gasteiger partial charge on any atom is -0.378 e. The van der Waals surface area contributed by atoms with Crippen molar-refractivity contribution in [1.29, 1.82) is 5.41 Å². The number of nitrogens with zero attached hydrogens (tertiary/aromatic N) is 5. The molecular formula is C24H22ClFN6O3S. The number of rotatable bonds is 4. The Morgan fingerprint density at radius 3 is 2.75 bits per heavy atom. The number of carbonyl (C=O) groups is 2. The van der Waals surface area contributed by atoms with E-state index in [0.29, 0.717) is 42.6 Å². The monoisotopic (exact) mass is 528 g/mol. The van der Waals surface area contributed by atoms with Gasteiger partial charge in [0, 0.05) is 30.2 Å². The molecule has 0 spiro atoms. The fourth-order valence-electron chi connectivity index (χ4n) is 4.27. The van der Waals surface area contributed by atoms with E-state index in [1.54, 1.807) is 17.0 Å². The Labute approximate surface area is 215 Å². The number of carbonyl (C=O) groups excluding carboxylic acids is 2. The number of nitrogens with one attached hydrogen (secondary N) is 1. The average molecular weight is 529 g/mol. The predicted molar refractivity (Wildman–Crippen MR) is 137 cm³/mol. The van der Waals surface area contributed by atoms with Gasteiger partial charge < -0.3 is 14.2 Å². The molecule has 9 nitrogen and oxygen atoms in total. The number of hydrogen-bond acceptors (Lipinski definition) is 6. The van der Waals surface area contributed by atoms with Gasteiger partial charge in [0.2, 0.25) is 11.1 Å². The molecule has 1 aromatic carbocycles. The summed E-state index contributed by atoms with van der Waals surface area (Å²) in [5, 5.41) is 15.1. The quantitative estimate of drug-likeness (QED) is 0.609. The summed E-state index contributed by atoms with van der Waals surface area (Å²) in [6, 6.07) is 6.33. The molecule has 5 rings (SSSR count). The maximum atomic E-state index is 13.6. The van der Waals surface area contributed by atoms with Crippen LogP contribution in [0.15, 0.2) is 39.9 Å². The molecule has 2 aromatic rings. The van der Waals surface area contributed by atoms with Gasteiger partial charge in [0.1, 0.15) is 10.9 Å². The summed E-state index contributed by atoms with van der Waals surface area (Å²) in [7, 11) is 0. The van der Waals surface area contributed by atoms with Crippen LogP contribution in [0.5, 0.6) is 0 Å². The molecule has 1 N–H and O–H groups in total. The molecule has 3 aliphatic rings. The lowest BCUT2D eigenvalue weighted by Crippen LogP contribution is -2.41. The SMILES string of the molecule is Cc1cc(C=C2C(=N)N3N=C(CC(=O)N4CCOCC4)SC3=NC2=O)c(C)n1-c1ccc(F)c(Cl)c1. The van der Waals surface area contributed by atoms with E-state index in [9.17, 15) is 14.0 Å². The van der Waals surface area contributed by atoms with Gasteiger partial charge in [-0.1, -0.05) is 11.6 Å². The topological polar surface area (TPSA) is 103 Å². The van der Waals surface area contributed by atoms with Crippen molar-refractivity contribution in [3.05, 3.63) is 57.6 Å². The number of fused-ring (bicyclic) bond motifs is 1. The third kappa shape index (κ3) is 4.49. The highest BCUT2D eigenvalue weighted by atomic mass is 35.5. The predicted octanol–water partition coefficient (Wildman–Crippen LogP) is 3.75. The molecule has 12 heteroatoms. The van der Waals surface area contributed by atoms with E-state index in [4.69, 9.17) is 21.7 Å². The molecule has 0 radical (unpaired) electrons. The Morgan fingerprint density at radius 2 is 2.03 bits per heavy atom. The molecule has 0 atom stereocenters. The fraction of sp³-hybridized carbons (Fsp3) is 0.292. The number of hydrazone groups is 1. The highest BCUT2D eigenvalue weighted by Gasteiger charge is 2.36. The van der Waals surface area contributed by atoms with Crippen LogP contribution in [0.4, 0.5) is 4.39 Å². The van der Waals surface area contributed by atoms with Crippen molar-refractivity contribution >= 4 is 57.3 Å². The van der Waals surface area contributed by atoms with Crippen LogP contribution >= 0.6 is 23.4 Å². The van der Waals surface area contributed by atoms with Gasteiger partial charge in [0.25, 0.3) is 5.91 Å². The minimum atomic E-state index is -0.552. The lowest BCUT2D eigenvalue weighted by molar-refractivity contribution is -0.133. The number of ether oxygens (including phenoxy) is 1. The van der Waals surface area contributed by atoms with Crippen LogP contribution in [0, 0.1) is 25.1 Å². The number of morpholine rings is 1. The molecule has 3 aliphatic heterocycles. The molecule has 1 saturated heterocycles. The van der Waals surface area contributed by atoms with Crippen LogP contribution < -0.4 is 0 Å². The van der Waals surface area contributed by atoms with Crippen LogP contribution in [0.3, 0.4) is 0 Å². The summed E-state index contributed by atoms with van der Waals surface area (Å²) < 4.78 is 20.8. The highest BCUT2D eigenvalue weighted by molar-refractivity contribution is 8.27. The number of benzene rings is 1. The molecule has 2 amide bonds. The summed E-state index contributed by atoms with van der Waals surface area (Å²) in [5.74, 6) is -1.24. The van der Waals surface area contributed by atoms with Crippen molar-refractivity contribution in [2.45, 2.75) is 20.3 Å². The molecule has 36 heavy (non-hydrogen) atoms. The molecule has 0 bridgehead atoms. The van der Waals surface area contributed by atoms with E-state index >= 15 is 0 Å². The van der Waals surface area contributed by atoms with E-state index < -0.39 is 11.7 Å². The zero-order chi connectivity index (χ0) is 25.6. The van der Waals surface area contributed by atoms with Crippen LogP contribution in [0.2, 0.25) is 5.02 Å². The van der Waals surface area contributed by atoms with Gasteiger partial charge in [-0.25, -0.2) is 4.39 Å². The first-order chi connectivity index (χ1) is 17.2. The van der Waals surface area contributed by atoms with Gasteiger partial charge in [0.05, 0.1) is 30.2 Å². The zero-order valence-electron chi connectivity index (χ0n) is 19.5. The van der Waals surface area contributed by atoms with Gasteiger partial charge >= 0.3 is 0 Å². The number of amides is 2. The summed E-state index contributed by atoms with van der Waals surface area (Å²) in [4.78, 5) is 31.3. The third-order valence-corrected chi connectivity index (χ3v) is 7.29. The van der Waals surface area contributed by atoms with Gasteiger partial charge in [-0.3, -0.25) is 15.0 Å². The lowest BCUT2D eigenvalue weighted by Gasteiger charge is -2.26. The van der Waals surface area contributed by atoms with Crippen molar-refractivity contribution in [2.24, 2.45) is 10.1 Å². The molecular weight excluding hydrogens is 507 g/mol. The van der Waals surface area contributed by atoms with Gasteiger partial charge in [-0.05, 0) is 61.5 Å². The number of aryl methyl sites for hydroxylation is 1. The Morgan fingerprint density at radius 1 is 1.28 bits per heavy atom. The first kappa shape index (κ1) is 24.4. The summed E-state index contributed by atoms with van der Waals surface area (Å²) in [6.07, 6.45) is 1.67. The number of aliphatic imine (C=N–C) groups is 1.